The zero-order valence-electron chi connectivity index (χ0n) is 20.1. The molecule has 0 saturated carbocycles. The normalized spacial score (nSPS) is 11.3. The Balaban J connectivity index is 1.33. The second kappa shape index (κ2) is 8.42. The van der Waals surface area contributed by atoms with E-state index in [1.807, 2.05) is 93.6 Å². The third kappa shape index (κ3) is 3.69. The topological polar surface area (TPSA) is 90.5 Å². The number of nitrogens with zero attached hydrogens (tertiary/aromatic N) is 6. The molecule has 0 bridgehead atoms. The number of aryl methyl sites for hydroxylation is 2. The highest BCUT2D eigenvalue weighted by Gasteiger charge is 2.19. The number of amides is 1. The minimum Gasteiger partial charge on any atom is -0.306 e. The fourth-order valence-electron chi connectivity index (χ4n) is 4.42. The molecule has 0 aliphatic carbocycles. The van der Waals surface area contributed by atoms with Crippen molar-refractivity contribution >= 4 is 33.5 Å². The van der Waals surface area contributed by atoms with Crippen LogP contribution in [0.1, 0.15) is 27.3 Å². The van der Waals surface area contributed by atoms with Crippen LogP contribution in [0.5, 0.6) is 0 Å². The highest BCUT2D eigenvalue weighted by molar-refractivity contribution is 6.04. The van der Waals surface area contributed by atoms with Crippen LogP contribution < -0.4 is 5.32 Å². The number of para-hydroxylation sites is 2. The highest BCUT2D eigenvalue weighted by atomic mass is 16.1. The van der Waals surface area contributed by atoms with Gasteiger partial charge in [-0.1, -0.05) is 36.4 Å². The van der Waals surface area contributed by atoms with Gasteiger partial charge < -0.3 is 5.32 Å². The highest BCUT2D eigenvalue weighted by Crippen LogP contribution is 2.23. The SMILES string of the molecule is Cc1cc(NC(=O)c2cnn(-c3ccc4ccccc4n3)c2C)n(-c2cc(C)c3ccccc3n2)n1. The van der Waals surface area contributed by atoms with Gasteiger partial charge in [-0.25, -0.2) is 14.6 Å². The van der Waals surface area contributed by atoms with E-state index in [-0.39, 0.29) is 5.91 Å². The maximum absolute atomic E-state index is 13.3. The van der Waals surface area contributed by atoms with E-state index in [0.717, 1.165) is 33.1 Å². The molecule has 6 aromatic rings. The Morgan fingerprint density at radius 3 is 2.42 bits per heavy atom. The lowest BCUT2D eigenvalue weighted by Gasteiger charge is -2.11. The van der Waals surface area contributed by atoms with Gasteiger partial charge >= 0.3 is 0 Å². The number of aromatic nitrogens is 6. The molecule has 0 aliphatic rings. The molecule has 1 N–H and O–H groups in total. The molecule has 0 aliphatic heterocycles. The standard InChI is InChI=1S/C28H23N7O/c1-17-14-26(31-24-11-7-5-9-21(17)24)35-27(15-18(2)33-35)32-28(36)22-16-29-34(19(22)3)25-13-12-20-8-4-6-10-23(20)30-25/h4-16H,1-3H3,(H,32,36). The number of benzene rings is 2. The first kappa shape index (κ1) is 21.7. The van der Waals surface area contributed by atoms with Crippen LogP contribution in [-0.4, -0.2) is 35.4 Å². The van der Waals surface area contributed by atoms with Crippen molar-refractivity contribution in [2.75, 3.05) is 5.32 Å². The van der Waals surface area contributed by atoms with Crippen LogP contribution in [0.2, 0.25) is 0 Å². The van der Waals surface area contributed by atoms with Gasteiger partial charge in [-0.15, -0.1) is 0 Å². The van der Waals surface area contributed by atoms with Crippen molar-refractivity contribution in [1.29, 1.82) is 0 Å². The Kier molecular flexibility index (Phi) is 5.07. The predicted octanol–water partition coefficient (Wildman–Crippen LogP) is 5.33. The van der Waals surface area contributed by atoms with Gasteiger partial charge in [0.1, 0.15) is 5.82 Å². The van der Waals surface area contributed by atoms with Crippen molar-refractivity contribution in [3.05, 3.63) is 102 Å². The molecule has 36 heavy (non-hydrogen) atoms. The number of pyridine rings is 2. The van der Waals surface area contributed by atoms with E-state index in [2.05, 4.69) is 15.5 Å². The van der Waals surface area contributed by atoms with Crippen LogP contribution in [-0.2, 0) is 0 Å². The number of anilines is 1. The van der Waals surface area contributed by atoms with Gasteiger partial charge in [0.2, 0.25) is 0 Å². The van der Waals surface area contributed by atoms with Crippen LogP contribution in [0.15, 0.2) is 79.0 Å². The lowest BCUT2D eigenvalue weighted by molar-refractivity contribution is 0.102. The average Bonchev–Trinajstić information content (AvgIpc) is 3.45. The van der Waals surface area contributed by atoms with Crippen molar-refractivity contribution in [2.24, 2.45) is 0 Å². The monoisotopic (exact) mass is 473 g/mol. The molecule has 8 heteroatoms. The van der Waals surface area contributed by atoms with Crippen LogP contribution in [0, 0.1) is 20.8 Å². The fourth-order valence-corrected chi connectivity index (χ4v) is 4.42. The van der Waals surface area contributed by atoms with Gasteiger partial charge in [0.25, 0.3) is 5.91 Å². The van der Waals surface area contributed by atoms with Crippen LogP contribution in [0.4, 0.5) is 5.82 Å². The molecule has 176 valence electrons. The lowest BCUT2D eigenvalue weighted by Crippen LogP contribution is -2.16. The van der Waals surface area contributed by atoms with Gasteiger partial charge in [-0.05, 0) is 56.7 Å². The van der Waals surface area contributed by atoms with Gasteiger partial charge in [-0.2, -0.15) is 14.9 Å². The fraction of sp³-hybridized carbons (Fsp3) is 0.107. The molecule has 0 saturated heterocycles. The second-order valence-electron chi connectivity index (χ2n) is 8.77. The Morgan fingerprint density at radius 1 is 0.806 bits per heavy atom. The summed E-state index contributed by atoms with van der Waals surface area (Å²) in [5.74, 6) is 1.55. The van der Waals surface area contributed by atoms with E-state index < -0.39 is 0 Å². The van der Waals surface area contributed by atoms with Gasteiger partial charge in [0.05, 0.1) is 34.2 Å². The zero-order chi connectivity index (χ0) is 24.8. The molecule has 1 amide bonds. The maximum atomic E-state index is 13.3. The van der Waals surface area contributed by atoms with E-state index in [9.17, 15) is 4.79 Å². The Hall–Kier alpha value is -4.85. The summed E-state index contributed by atoms with van der Waals surface area (Å²) in [4.78, 5) is 22.8. The Bertz CT molecular complexity index is 1780. The summed E-state index contributed by atoms with van der Waals surface area (Å²) >= 11 is 0. The molecule has 2 aromatic carbocycles. The summed E-state index contributed by atoms with van der Waals surface area (Å²) < 4.78 is 3.34. The predicted molar refractivity (Wildman–Crippen MR) is 140 cm³/mol. The minimum absolute atomic E-state index is 0.279. The van der Waals surface area contributed by atoms with E-state index in [0.29, 0.717) is 28.7 Å². The molecule has 0 unspecified atom stereocenters. The third-order valence-electron chi connectivity index (χ3n) is 6.25. The molecular weight excluding hydrogens is 450 g/mol. The molecule has 4 aromatic heterocycles. The summed E-state index contributed by atoms with van der Waals surface area (Å²) in [5.41, 5.74) is 4.74. The van der Waals surface area contributed by atoms with Gasteiger partial charge in [0, 0.05) is 16.8 Å². The van der Waals surface area contributed by atoms with Crippen molar-refractivity contribution in [2.45, 2.75) is 20.8 Å². The van der Waals surface area contributed by atoms with E-state index in [1.165, 1.54) is 0 Å². The summed E-state index contributed by atoms with van der Waals surface area (Å²) in [6.07, 6.45) is 1.56. The summed E-state index contributed by atoms with van der Waals surface area (Å²) in [7, 11) is 0. The van der Waals surface area contributed by atoms with Crippen LogP contribution in [0.25, 0.3) is 33.4 Å². The van der Waals surface area contributed by atoms with Gasteiger partial charge in [0.15, 0.2) is 11.6 Å². The minimum atomic E-state index is -0.279. The molecule has 6 rings (SSSR count). The number of carbonyl (C=O) groups is 1. The first-order valence-electron chi connectivity index (χ1n) is 11.6. The van der Waals surface area contributed by atoms with E-state index in [4.69, 9.17) is 9.97 Å². The number of hydrogen-bond donors (Lipinski definition) is 1. The van der Waals surface area contributed by atoms with Gasteiger partial charge in [-0.3, -0.25) is 4.79 Å². The first-order valence-corrected chi connectivity index (χ1v) is 11.6. The molecule has 0 spiro atoms. The van der Waals surface area contributed by atoms with Crippen molar-refractivity contribution in [3.8, 4) is 11.6 Å². The average molecular weight is 474 g/mol. The van der Waals surface area contributed by atoms with Crippen molar-refractivity contribution < 1.29 is 4.79 Å². The van der Waals surface area contributed by atoms with Crippen LogP contribution >= 0.6 is 0 Å². The van der Waals surface area contributed by atoms with E-state index >= 15 is 0 Å². The maximum Gasteiger partial charge on any atom is 0.260 e. The number of carbonyl (C=O) groups excluding carboxylic acids is 1. The molecule has 0 atom stereocenters. The number of hydrogen-bond acceptors (Lipinski definition) is 5. The Morgan fingerprint density at radius 2 is 1.56 bits per heavy atom. The number of nitrogens with one attached hydrogen (secondary N) is 1. The largest absolute Gasteiger partial charge is 0.306 e. The smallest absolute Gasteiger partial charge is 0.260 e. The van der Waals surface area contributed by atoms with Crippen LogP contribution in [0.3, 0.4) is 0 Å². The summed E-state index contributed by atoms with van der Waals surface area (Å²) in [6, 6.07) is 23.6. The zero-order valence-corrected chi connectivity index (χ0v) is 20.1. The molecule has 4 heterocycles. The van der Waals surface area contributed by atoms with E-state index in [1.54, 1.807) is 15.6 Å². The lowest BCUT2D eigenvalue weighted by atomic mass is 10.1. The molecule has 0 fully saturated rings. The first-order chi connectivity index (χ1) is 17.5. The number of fused-ring (bicyclic) bond motifs is 2. The van der Waals surface area contributed by atoms with Crippen molar-refractivity contribution in [1.82, 2.24) is 29.5 Å². The third-order valence-corrected chi connectivity index (χ3v) is 6.25. The second-order valence-corrected chi connectivity index (χ2v) is 8.77. The van der Waals surface area contributed by atoms with Crippen molar-refractivity contribution in [3.63, 3.8) is 0 Å². The molecule has 8 nitrogen and oxygen atoms in total. The molecular formula is C28H23N7O. The Labute approximate surface area is 207 Å². The summed E-state index contributed by atoms with van der Waals surface area (Å²) in [5, 5.41) is 14.2. The molecule has 0 radical (unpaired) electrons. The quantitative estimate of drug-likeness (QED) is 0.374. The summed E-state index contributed by atoms with van der Waals surface area (Å²) in [6.45, 7) is 5.78. The number of rotatable bonds is 4.